The molecule has 1 heterocycles. The van der Waals surface area contributed by atoms with Crippen LogP contribution < -0.4 is 5.32 Å². The van der Waals surface area contributed by atoms with Crippen LogP contribution in [0, 0.1) is 12.7 Å². The van der Waals surface area contributed by atoms with Crippen molar-refractivity contribution in [3.8, 4) is 11.3 Å². The van der Waals surface area contributed by atoms with Crippen molar-refractivity contribution >= 4 is 22.4 Å². The highest BCUT2D eigenvalue weighted by Gasteiger charge is 2.11. The highest BCUT2D eigenvalue weighted by Crippen LogP contribution is 2.25. The summed E-state index contributed by atoms with van der Waals surface area (Å²) in [5.74, 6) is -0.467. The Labute approximate surface area is 131 Å². The minimum atomic E-state index is -0.285. The first-order valence-corrected chi connectivity index (χ1v) is 7.60. The molecule has 22 heavy (non-hydrogen) atoms. The zero-order valence-corrected chi connectivity index (χ0v) is 12.7. The van der Waals surface area contributed by atoms with E-state index in [4.69, 9.17) is 0 Å². The fourth-order valence-electron chi connectivity index (χ4n) is 2.08. The molecule has 1 aromatic heterocycles. The van der Waals surface area contributed by atoms with Gasteiger partial charge in [-0.15, -0.1) is 11.3 Å². The molecule has 0 unspecified atom stereocenters. The molecule has 0 aliphatic heterocycles. The topological polar surface area (TPSA) is 42.0 Å². The molecule has 0 fully saturated rings. The summed E-state index contributed by atoms with van der Waals surface area (Å²) >= 11 is 1.34. The molecule has 0 atom stereocenters. The normalized spacial score (nSPS) is 10.5. The van der Waals surface area contributed by atoms with Crippen LogP contribution in [0.5, 0.6) is 0 Å². The molecule has 1 amide bonds. The van der Waals surface area contributed by atoms with Crippen LogP contribution >= 0.6 is 11.3 Å². The fourth-order valence-corrected chi connectivity index (χ4v) is 2.79. The van der Waals surface area contributed by atoms with Crippen LogP contribution in [0.1, 0.15) is 15.9 Å². The maximum atomic E-state index is 12.9. The van der Waals surface area contributed by atoms with Gasteiger partial charge in [0.05, 0.1) is 5.69 Å². The number of carbonyl (C=O) groups excluding carboxylic acids is 1. The summed E-state index contributed by atoms with van der Waals surface area (Å²) in [6.45, 7) is 1.89. The van der Waals surface area contributed by atoms with E-state index in [-0.39, 0.29) is 11.7 Å². The molecule has 5 heteroatoms. The Hall–Kier alpha value is -2.53. The van der Waals surface area contributed by atoms with E-state index in [1.54, 1.807) is 18.2 Å². The summed E-state index contributed by atoms with van der Waals surface area (Å²) < 4.78 is 12.9. The minimum absolute atomic E-state index is 0.182. The van der Waals surface area contributed by atoms with Gasteiger partial charge in [0.1, 0.15) is 5.82 Å². The number of nitrogens with zero attached hydrogens (tertiary/aromatic N) is 1. The average Bonchev–Trinajstić information content (AvgIpc) is 2.97. The first kappa shape index (κ1) is 14.4. The predicted octanol–water partition coefficient (Wildman–Crippen LogP) is 4.51. The number of carbonyl (C=O) groups is 1. The van der Waals surface area contributed by atoms with Crippen molar-refractivity contribution in [2.45, 2.75) is 6.92 Å². The second-order valence-corrected chi connectivity index (χ2v) is 5.67. The highest BCUT2D eigenvalue weighted by atomic mass is 32.1. The van der Waals surface area contributed by atoms with Gasteiger partial charge in [0, 0.05) is 16.5 Å². The maximum absolute atomic E-state index is 12.9. The molecular weight excluding hydrogens is 299 g/mol. The number of rotatable bonds is 3. The van der Waals surface area contributed by atoms with Gasteiger partial charge < -0.3 is 0 Å². The lowest BCUT2D eigenvalue weighted by atomic mass is 10.1. The van der Waals surface area contributed by atoms with Crippen LogP contribution in [0.15, 0.2) is 53.9 Å². The van der Waals surface area contributed by atoms with Crippen molar-refractivity contribution < 1.29 is 9.18 Å². The molecule has 0 aliphatic rings. The number of halogens is 1. The van der Waals surface area contributed by atoms with Crippen LogP contribution in [-0.2, 0) is 0 Å². The first-order valence-electron chi connectivity index (χ1n) is 6.72. The Balaban J connectivity index is 1.78. The fraction of sp³-hybridized carbons (Fsp3) is 0.0588. The van der Waals surface area contributed by atoms with Gasteiger partial charge in [-0.25, -0.2) is 9.37 Å². The molecule has 110 valence electrons. The molecule has 3 aromatic rings. The maximum Gasteiger partial charge on any atom is 0.257 e. The van der Waals surface area contributed by atoms with Gasteiger partial charge in [-0.05, 0) is 42.8 Å². The molecule has 0 saturated carbocycles. The van der Waals surface area contributed by atoms with Crippen molar-refractivity contribution in [3.05, 3.63) is 70.9 Å². The van der Waals surface area contributed by atoms with Gasteiger partial charge in [-0.2, -0.15) is 0 Å². The number of nitrogens with one attached hydrogen (secondary N) is 1. The van der Waals surface area contributed by atoms with E-state index in [0.29, 0.717) is 16.4 Å². The zero-order valence-electron chi connectivity index (χ0n) is 11.8. The van der Waals surface area contributed by atoms with Crippen molar-refractivity contribution in [3.63, 3.8) is 0 Å². The van der Waals surface area contributed by atoms with Crippen LogP contribution in [-0.4, -0.2) is 10.9 Å². The summed E-state index contributed by atoms with van der Waals surface area (Å²) in [5.41, 5.74) is 3.07. The Morgan fingerprint density at radius 3 is 2.59 bits per heavy atom. The standard InChI is InChI=1S/C17H13FN2OS/c1-11-4-2-3-5-14(11)16(21)20-17-19-15(10-22-17)12-6-8-13(18)9-7-12/h2-10H,1H3,(H,19,20,21). The largest absolute Gasteiger partial charge is 0.298 e. The number of thiazole rings is 1. The first-order chi connectivity index (χ1) is 10.6. The molecule has 1 N–H and O–H groups in total. The Bertz CT molecular complexity index is 812. The smallest absolute Gasteiger partial charge is 0.257 e. The molecular formula is C17H13FN2OS. The van der Waals surface area contributed by atoms with Gasteiger partial charge in [-0.1, -0.05) is 18.2 Å². The van der Waals surface area contributed by atoms with Crippen LogP contribution in [0.2, 0.25) is 0 Å². The number of hydrogen-bond acceptors (Lipinski definition) is 3. The molecule has 0 saturated heterocycles. The minimum Gasteiger partial charge on any atom is -0.298 e. The monoisotopic (exact) mass is 312 g/mol. The van der Waals surface area contributed by atoms with Gasteiger partial charge in [0.15, 0.2) is 5.13 Å². The number of benzene rings is 2. The lowest BCUT2D eigenvalue weighted by Gasteiger charge is -2.04. The number of anilines is 1. The Kier molecular flexibility index (Phi) is 3.98. The van der Waals surface area contributed by atoms with Crippen molar-refractivity contribution in [1.29, 1.82) is 0 Å². The van der Waals surface area contributed by atoms with E-state index in [9.17, 15) is 9.18 Å². The number of aryl methyl sites for hydroxylation is 1. The van der Waals surface area contributed by atoms with E-state index < -0.39 is 0 Å². The predicted molar refractivity (Wildman–Crippen MR) is 86.6 cm³/mol. The van der Waals surface area contributed by atoms with E-state index >= 15 is 0 Å². The molecule has 0 radical (unpaired) electrons. The van der Waals surface area contributed by atoms with Crippen LogP contribution in [0.4, 0.5) is 9.52 Å². The summed E-state index contributed by atoms with van der Waals surface area (Å²) in [5, 5.41) is 5.15. The molecule has 0 bridgehead atoms. The van der Waals surface area contributed by atoms with E-state index in [1.165, 1.54) is 23.5 Å². The number of hydrogen-bond donors (Lipinski definition) is 1. The SMILES string of the molecule is Cc1ccccc1C(=O)Nc1nc(-c2ccc(F)cc2)cs1. The third-order valence-corrected chi connectivity index (χ3v) is 4.01. The van der Waals surface area contributed by atoms with Crippen molar-refractivity contribution in [2.24, 2.45) is 0 Å². The molecule has 2 aromatic carbocycles. The number of amides is 1. The van der Waals surface area contributed by atoms with Gasteiger partial charge in [-0.3, -0.25) is 10.1 Å². The average molecular weight is 312 g/mol. The van der Waals surface area contributed by atoms with Gasteiger partial charge in [0.2, 0.25) is 0 Å². The summed E-state index contributed by atoms with van der Waals surface area (Å²) in [6.07, 6.45) is 0. The molecule has 0 aliphatic carbocycles. The van der Waals surface area contributed by atoms with Crippen molar-refractivity contribution in [2.75, 3.05) is 5.32 Å². The Morgan fingerprint density at radius 1 is 1.14 bits per heavy atom. The van der Waals surface area contributed by atoms with E-state index in [2.05, 4.69) is 10.3 Å². The summed E-state index contributed by atoms with van der Waals surface area (Å²) in [7, 11) is 0. The van der Waals surface area contributed by atoms with Crippen molar-refractivity contribution in [1.82, 2.24) is 4.98 Å². The number of aromatic nitrogens is 1. The Morgan fingerprint density at radius 2 is 1.86 bits per heavy atom. The quantitative estimate of drug-likeness (QED) is 0.773. The molecule has 0 spiro atoms. The van der Waals surface area contributed by atoms with E-state index in [0.717, 1.165) is 11.1 Å². The van der Waals surface area contributed by atoms with Crippen LogP contribution in [0.3, 0.4) is 0 Å². The van der Waals surface area contributed by atoms with Gasteiger partial charge >= 0.3 is 0 Å². The summed E-state index contributed by atoms with van der Waals surface area (Å²) in [4.78, 5) is 16.6. The third kappa shape index (κ3) is 3.04. The molecule has 3 nitrogen and oxygen atoms in total. The lowest BCUT2D eigenvalue weighted by Crippen LogP contribution is -2.12. The third-order valence-electron chi connectivity index (χ3n) is 3.25. The summed E-state index contributed by atoms with van der Waals surface area (Å²) in [6, 6.07) is 13.5. The lowest BCUT2D eigenvalue weighted by molar-refractivity contribution is 0.102. The second-order valence-electron chi connectivity index (χ2n) is 4.81. The second kappa shape index (κ2) is 6.07. The van der Waals surface area contributed by atoms with Gasteiger partial charge in [0.25, 0.3) is 5.91 Å². The molecule has 3 rings (SSSR count). The highest BCUT2D eigenvalue weighted by molar-refractivity contribution is 7.14. The zero-order chi connectivity index (χ0) is 15.5. The van der Waals surface area contributed by atoms with E-state index in [1.807, 2.05) is 30.5 Å². The van der Waals surface area contributed by atoms with Crippen LogP contribution in [0.25, 0.3) is 11.3 Å².